The van der Waals surface area contributed by atoms with Crippen molar-refractivity contribution in [3.8, 4) is 0 Å². The van der Waals surface area contributed by atoms with Crippen LogP contribution in [0, 0.1) is 11.8 Å². The standard InChI is InChI=1S/C26H34ClN7O3/c1-16-15-37-11-10-21(16)31-24-28-14-22-23(33-24)34(25(32-22)30-19-5-3-4-18(27)12-19)20-8-6-17(7-9-20)13-29-26(35)36-2/h3-5,12,14,16-17,20-21H,6-11,13,15H2,1-2H3,(H,29,35)(H,30,32)(H,28,31,33)/t16-,17?,20?,21+/m1/s1. The van der Waals surface area contributed by atoms with Crippen molar-refractivity contribution in [2.45, 2.75) is 51.1 Å². The van der Waals surface area contributed by atoms with Crippen molar-refractivity contribution in [2.24, 2.45) is 11.8 Å². The van der Waals surface area contributed by atoms with Gasteiger partial charge in [-0.15, -0.1) is 0 Å². The fourth-order valence-electron chi connectivity index (χ4n) is 5.26. The molecule has 1 amide bonds. The lowest BCUT2D eigenvalue weighted by Crippen LogP contribution is -2.36. The third-order valence-corrected chi connectivity index (χ3v) is 7.61. The molecule has 37 heavy (non-hydrogen) atoms. The van der Waals surface area contributed by atoms with Crippen LogP contribution in [-0.2, 0) is 9.47 Å². The number of hydrogen-bond acceptors (Lipinski definition) is 8. The molecule has 0 spiro atoms. The molecule has 3 aromatic rings. The van der Waals surface area contributed by atoms with Gasteiger partial charge in [0.15, 0.2) is 5.65 Å². The molecule has 3 heterocycles. The van der Waals surface area contributed by atoms with Crippen molar-refractivity contribution in [1.82, 2.24) is 24.8 Å². The number of carbonyl (C=O) groups is 1. The number of nitrogens with zero attached hydrogens (tertiary/aromatic N) is 4. The van der Waals surface area contributed by atoms with Crippen molar-refractivity contribution >= 4 is 46.4 Å². The second-order valence-electron chi connectivity index (χ2n) is 9.98. The number of carbonyl (C=O) groups excluding carboxylic acids is 1. The number of halogens is 1. The van der Waals surface area contributed by atoms with Gasteiger partial charge in [-0.2, -0.15) is 4.98 Å². The molecule has 0 radical (unpaired) electrons. The maximum absolute atomic E-state index is 11.5. The van der Waals surface area contributed by atoms with Gasteiger partial charge in [-0.25, -0.2) is 14.8 Å². The van der Waals surface area contributed by atoms with E-state index >= 15 is 0 Å². The Morgan fingerprint density at radius 2 is 2.05 bits per heavy atom. The van der Waals surface area contributed by atoms with Crippen LogP contribution in [0.25, 0.3) is 11.2 Å². The van der Waals surface area contributed by atoms with Gasteiger partial charge in [-0.05, 0) is 62.1 Å². The molecular formula is C26H34ClN7O3. The molecule has 10 nitrogen and oxygen atoms in total. The number of alkyl carbamates (subject to hydrolysis) is 1. The van der Waals surface area contributed by atoms with E-state index in [-0.39, 0.29) is 18.2 Å². The van der Waals surface area contributed by atoms with Crippen molar-refractivity contribution < 1.29 is 14.3 Å². The van der Waals surface area contributed by atoms with Crippen LogP contribution in [0.3, 0.4) is 0 Å². The second-order valence-corrected chi connectivity index (χ2v) is 10.4. The van der Waals surface area contributed by atoms with Crippen LogP contribution in [0.15, 0.2) is 30.5 Å². The molecule has 2 fully saturated rings. The van der Waals surface area contributed by atoms with Crippen LogP contribution in [0.5, 0.6) is 0 Å². The quantitative estimate of drug-likeness (QED) is 0.386. The topological polar surface area (TPSA) is 115 Å². The van der Waals surface area contributed by atoms with Gasteiger partial charge < -0.3 is 25.4 Å². The van der Waals surface area contributed by atoms with Crippen molar-refractivity contribution in [3.05, 3.63) is 35.5 Å². The number of hydrogen-bond donors (Lipinski definition) is 3. The van der Waals surface area contributed by atoms with E-state index in [1.54, 1.807) is 6.20 Å². The number of nitrogens with one attached hydrogen (secondary N) is 3. The highest BCUT2D eigenvalue weighted by Gasteiger charge is 2.28. The number of rotatable bonds is 7. The highest BCUT2D eigenvalue weighted by Crippen LogP contribution is 2.37. The zero-order valence-corrected chi connectivity index (χ0v) is 22.0. The molecule has 2 aliphatic rings. The Morgan fingerprint density at radius 1 is 1.22 bits per heavy atom. The van der Waals surface area contributed by atoms with Crippen LogP contribution in [0.1, 0.15) is 45.1 Å². The molecule has 1 saturated carbocycles. The van der Waals surface area contributed by atoms with Crippen LogP contribution in [0.2, 0.25) is 5.02 Å². The Bertz CT molecular complexity index is 1230. The molecule has 0 bridgehead atoms. The van der Waals surface area contributed by atoms with E-state index in [1.165, 1.54) is 7.11 Å². The SMILES string of the molecule is COC(=O)NCC1CCC(n2c(Nc3cccc(Cl)c3)nc3cnc(N[C@H]4CCOC[C@H]4C)nc32)CC1. The summed E-state index contributed by atoms with van der Waals surface area (Å²) in [7, 11) is 1.39. The number of benzene rings is 1. The summed E-state index contributed by atoms with van der Waals surface area (Å²) in [6.07, 6.45) is 6.21. The molecule has 11 heteroatoms. The largest absolute Gasteiger partial charge is 0.453 e. The van der Waals surface area contributed by atoms with Crippen molar-refractivity contribution in [2.75, 3.05) is 37.5 Å². The van der Waals surface area contributed by atoms with Gasteiger partial charge in [-0.1, -0.05) is 24.6 Å². The Balaban J connectivity index is 1.41. The summed E-state index contributed by atoms with van der Waals surface area (Å²) in [5.74, 6) is 2.13. The van der Waals surface area contributed by atoms with E-state index < -0.39 is 0 Å². The number of ether oxygens (including phenoxy) is 2. The average molecular weight is 528 g/mol. The minimum Gasteiger partial charge on any atom is -0.453 e. The first-order valence-electron chi connectivity index (χ1n) is 12.9. The van der Waals surface area contributed by atoms with E-state index in [0.717, 1.165) is 68.1 Å². The molecule has 1 saturated heterocycles. The van der Waals surface area contributed by atoms with Gasteiger partial charge in [-0.3, -0.25) is 4.57 Å². The normalized spacial score (nSPS) is 24.0. The van der Waals surface area contributed by atoms with Gasteiger partial charge in [0.25, 0.3) is 0 Å². The summed E-state index contributed by atoms with van der Waals surface area (Å²) in [6.45, 7) is 4.28. The summed E-state index contributed by atoms with van der Waals surface area (Å²) in [6, 6.07) is 8.09. The van der Waals surface area contributed by atoms with Crippen LogP contribution >= 0.6 is 11.6 Å². The molecule has 1 aromatic carbocycles. The predicted octanol–water partition coefficient (Wildman–Crippen LogP) is 5.15. The summed E-state index contributed by atoms with van der Waals surface area (Å²) in [4.78, 5) is 25.9. The lowest BCUT2D eigenvalue weighted by atomic mass is 9.86. The van der Waals surface area contributed by atoms with E-state index in [1.807, 2.05) is 24.3 Å². The van der Waals surface area contributed by atoms with Gasteiger partial charge in [0.1, 0.15) is 5.52 Å². The Kier molecular flexibility index (Phi) is 7.95. The lowest BCUT2D eigenvalue weighted by molar-refractivity contribution is 0.0536. The van der Waals surface area contributed by atoms with Crippen molar-refractivity contribution in [1.29, 1.82) is 0 Å². The van der Waals surface area contributed by atoms with Crippen molar-refractivity contribution in [3.63, 3.8) is 0 Å². The third kappa shape index (κ3) is 6.07. The second kappa shape index (κ2) is 11.5. The highest BCUT2D eigenvalue weighted by molar-refractivity contribution is 6.30. The van der Waals surface area contributed by atoms with E-state index in [4.69, 9.17) is 31.0 Å². The molecule has 0 unspecified atom stereocenters. The molecule has 1 aliphatic heterocycles. The van der Waals surface area contributed by atoms with Gasteiger partial charge in [0.2, 0.25) is 11.9 Å². The minimum absolute atomic E-state index is 0.214. The number of imidazole rings is 1. The van der Waals surface area contributed by atoms with Gasteiger partial charge in [0.05, 0.1) is 19.9 Å². The number of fused-ring (bicyclic) bond motifs is 1. The van der Waals surface area contributed by atoms with E-state index in [9.17, 15) is 4.79 Å². The summed E-state index contributed by atoms with van der Waals surface area (Å²) in [5.41, 5.74) is 2.41. The first-order chi connectivity index (χ1) is 18.0. The van der Waals surface area contributed by atoms with Gasteiger partial charge in [0, 0.05) is 35.9 Å². The number of anilines is 3. The molecule has 1 aliphatic carbocycles. The number of aromatic nitrogens is 4. The molecule has 5 rings (SSSR count). The monoisotopic (exact) mass is 527 g/mol. The first kappa shape index (κ1) is 25.5. The summed E-state index contributed by atoms with van der Waals surface area (Å²) < 4.78 is 12.5. The predicted molar refractivity (Wildman–Crippen MR) is 143 cm³/mol. The zero-order valence-electron chi connectivity index (χ0n) is 21.2. The maximum atomic E-state index is 11.5. The third-order valence-electron chi connectivity index (χ3n) is 7.37. The van der Waals surface area contributed by atoms with Gasteiger partial charge >= 0.3 is 6.09 Å². The Hall–Kier alpha value is -3.11. The molecule has 2 aromatic heterocycles. The average Bonchev–Trinajstić information content (AvgIpc) is 3.26. The smallest absolute Gasteiger partial charge is 0.406 e. The minimum atomic E-state index is -0.383. The fraction of sp³-hybridized carbons (Fsp3) is 0.538. The first-order valence-corrected chi connectivity index (χ1v) is 13.3. The highest BCUT2D eigenvalue weighted by atomic mass is 35.5. The molecule has 2 atom stereocenters. The summed E-state index contributed by atoms with van der Waals surface area (Å²) >= 11 is 6.24. The number of methoxy groups -OCH3 is 1. The fourth-order valence-corrected chi connectivity index (χ4v) is 5.45. The van der Waals surface area contributed by atoms with Crippen LogP contribution < -0.4 is 16.0 Å². The van der Waals surface area contributed by atoms with Crippen LogP contribution in [-0.4, -0.2) is 58.5 Å². The van der Waals surface area contributed by atoms with E-state index in [2.05, 4.69) is 32.4 Å². The zero-order chi connectivity index (χ0) is 25.8. The summed E-state index contributed by atoms with van der Waals surface area (Å²) in [5, 5.41) is 10.5. The Labute approximate surface area is 221 Å². The van der Waals surface area contributed by atoms with E-state index in [0.29, 0.717) is 29.4 Å². The Morgan fingerprint density at radius 3 is 2.81 bits per heavy atom. The van der Waals surface area contributed by atoms with Crippen LogP contribution in [0.4, 0.5) is 22.4 Å². The number of amides is 1. The lowest BCUT2D eigenvalue weighted by Gasteiger charge is -2.31. The molecule has 3 N–H and O–H groups in total. The molecule has 198 valence electrons. The molecular weight excluding hydrogens is 494 g/mol. The maximum Gasteiger partial charge on any atom is 0.406 e.